The smallest absolute Gasteiger partial charge is 0.107 e. The quantitative estimate of drug-likeness (QED) is 0.672. The molecule has 1 aromatic heterocycles. The number of H-pyrrole nitrogens is 1. The Bertz CT molecular complexity index is 260. The Labute approximate surface area is 66.3 Å². The van der Waals surface area contributed by atoms with Gasteiger partial charge in [-0.15, -0.1) is 0 Å². The molecule has 0 aliphatic rings. The fraction of sp³-hybridized carbons (Fsp3) is 0.375. The minimum atomic E-state index is 0.454. The molecular weight excluding hydrogens is 138 g/mol. The van der Waals surface area contributed by atoms with Crippen LogP contribution in [0.25, 0.3) is 5.70 Å². The molecule has 60 valence electrons. The van der Waals surface area contributed by atoms with E-state index in [-0.39, 0.29) is 0 Å². The molecule has 1 heterocycles. The number of hydrogen-bond donors (Lipinski definition) is 2. The van der Waals surface area contributed by atoms with E-state index in [0.717, 1.165) is 11.4 Å². The van der Waals surface area contributed by atoms with Crippen LogP contribution in [0.4, 0.5) is 0 Å². The first kappa shape index (κ1) is 7.85. The molecule has 0 aromatic carbocycles. The van der Waals surface area contributed by atoms with Crippen molar-refractivity contribution in [2.45, 2.75) is 19.8 Å². The highest BCUT2D eigenvalue weighted by Crippen LogP contribution is 2.13. The summed E-state index contributed by atoms with van der Waals surface area (Å²) in [5, 5.41) is 6.88. The van der Waals surface area contributed by atoms with Gasteiger partial charge >= 0.3 is 0 Å². The lowest BCUT2D eigenvalue weighted by Gasteiger charge is -1.96. The van der Waals surface area contributed by atoms with Crippen molar-refractivity contribution in [2.75, 3.05) is 0 Å². The SMILES string of the molecule is C=C(N)c1cc(C(C)C)[nH]n1. The first-order chi connectivity index (χ1) is 5.11. The lowest BCUT2D eigenvalue weighted by atomic mass is 10.1. The molecule has 0 bridgehead atoms. The fourth-order valence-electron chi connectivity index (χ4n) is 0.797. The van der Waals surface area contributed by atoms with Crippen molar-refractivity contribution in [1.82, 2.24) is 10.2 Å². The number of hydrogen-bond acceptors (Lipinski definition) is 2. The molecule has 3 nitrogen and oxygen atoms in total. The fourth-order valence-corrected chi connectivity index (χ4v) is 0.797. The molecular formula is C8H13N3. The van der Waals surface area contributed by atoms with E-state index in [1.165, 1.54) is 0 Å². The molecule has 0 radical (unpaired) electrons. The molecule has 0 atom stereocenters. The van der Waals surface area contributed by atoms with Crippen molar-refractivity contribution in [3.05, 3.63) is 24.0 Å². The summed E-state index contributed by atoms with van der Waals surface area (Å²) < 4.78 is 0. The second-order valence-electron chi connectivity index (χ2n) is 2.89. The molecule has 0 unspecified atom stereocenters. The van der Waals surface area contributed by atoms with Crippen LogP contribution in [-0.4, -0.2) is 10.2 Å². The van der Waals surface area contributed by atoms with Gasteiger partial charge in [-0.05, 0) is 12.0 Å². The van der Waals surface area contributed by atoms with Crippen LogP contribution >= 0.6 is 0 Å². The maximum absolute atomic E-state index is 5.45. The molecule has 0 aliphatic carbocycles. The van der Waals surface area contributed by atoms with E-state index in [4.69, 9.17) is 5.73 Å². The van der Waals surface area contributed by atoms with E-state index >= 15 is 0 Å². The summed E-state index contributed by atoms with van der Waals surface area (Å²) >= 11 is 0. The number of aromatic nitrogens is 2. The van der Waals surface area contributed by atoms with Crippen LogP contribution in [0, 0.1) is 0 Å². The highest BCUT2D eigenvalue weighted by Gasteiger charge is 2.04. The number of nitrogens with zero attached hydrogens (tertiary/aromatic N) is 1. The Kier molecular flexibility index (Phi) is 1.98. The van der Waals surface area contributed by atoms with Crippen molar-refractivity contribution in [3.8, 4) is 0 Å². The molecule has 1 rings (SSSR count). The van der Waals surface area contributed by atoms with Crippen molar-refractivity contribution in [3.63, 3.8) is 0 Å². The maximum Gasteiger partial charge on any atom is 0.107 e. The van der Waals surface area contributed by atoms with Gasteiger partial charge in [0, 0.05) is 5.69 Å². The Morgan fingerprint density at radius 2 is 2.36 bits per heavy atom. The van der Waals surface area contributed by atoms with Gasteiger partial charge in [0.2, 0.25) is 0 Å². The van der Waals surface area contributed by atoms with Crippen molar-refractivity contribution in [1.29, 1.82) is 0 Å². The molecule has 0 saturated heterocycles. The molecule has 3 N–H and O–H groups in total. The Morgan fingerprint density at radius 3 is 2.64 bits per heavy atom. The van der Waals surface area contributed by atoms with E-state index in [2.05, 4.69) is 30.6 Å². The molecule has 0 spiro atoms. The summed E-state index contributed by atoms with van der Waals surface area (Å²) in [6, 6.07) is 1.92. The third-order valence-electron chi connectivity index (χ3n) is 1.55. The van der Waals surface area contributed by atoms with Gasteiger partial charge in [0.1, 0.15) is 5.69 Å². The first-order valence-electron chi connectivity index (χ1n) is 3.61. The Morgan fingerprint density at radius 1 is 1.73 bits per heavy atom. The van der Waals surface area contributed by atoms with Crippen molar-refractivity contribution in [2.24, 2.45) is 5.73 Å². The largest absolute Gasteiger partial charge is 0.397 e. The predicted octanol–water partition coefficient (Wildman–Crippen LogP) is 1.46. The monoisotopic (exact) mass is 151 g/mol. The van der Waals surface area contributed by atoms with Crippen LogP contribution in [0.2, 0.25) is 0 Å². The summed E-state index contributed by atoms with van der Waals surface area (Å²) in [6.45, 7) is 7.78. The van der Waals surface area contributed by atoms with Gasteiger partial charge in [0.15, 0.2) is 0 Å². The zero-order valence-corrected chi connectivity index (χ0v) is 6.89. The lowest BCUT2D eigenvalue weighted by Crippen LogP contribution is -1.93. The lowest BCUT2D eigenvalue weighted by molar-refractivity contribution is 0.810. The second kappa shape index (κ2) is 2.78. The van der Waals surface area contributed by atoms with E-state index in [1.54, 1.807) is 0 Å². The summed E-state index contributed by atoms with van der Waals surface area (Å²) in [7, 11) is 0. The van der Waals surface area contributed by atoms with Crippen LogP contribution in [0.5, 0.6) is 0 Å². The number of nitrogens with two attached hydrogens (primary N) is 1. The Hall–Kier alpha value is -1.25. The van der Waals surface area contributed by atoms with Gasteiger partial charge < -0.3 is 5.73 Å². The second-order valence-corrected chi connectivity index (χ2v) is 2.89. The average molecular weight is 151 g/mol. The van der Waals surface area contributed by atoms with Crippen LogP contribution in [0.1, 0.15) is 31.2 Å². The first-order valence-corrected chi connectivity index (χ1v) is 3.61. The Balaban J connectivity index is 2.90. The normalized spacial score (nSPS) is 10.5. The molecule has 0 amide bonds. The standard InChI is InChI=1S/C8H13N3/c1-5(2)7-4-8(6(3)9)11-10-7/h4-5H,3,9H2,1-2H3,(H,10,11). The summed E-state index contributed by atoms with van der Waals surface area (Å²) in [6.07, 6.45) is 0. The summed E-state index contributed by atoms with van der Waals surface area (Å²) in [4.78, 5) is 0. The van der Waals surface area contributed by atoms with Crippen molar-refractivity contribution < 1.29 is 0 Å². The molecule has 0 fully saturated rings. The van der Waals surface area contributed by atoms with Gasteiger partial charge in [-0.1, -0.05) is 20.4 Å². The maximum atomic E-state index is 5.45. The van der Waals surface area contributed by atoms with Crippen LogP contribution in [0.3, 0.4) is 0 Å². The van der Waals surface area contributed by atoms with Gasteiger partial charge in [0.05, 0.1) is 5.70 Å². The number of rotatable bonds is 2. The van der Waals surface area contributed by atoms with Crippen LogP contribution in [-0.2, 0) is 0 Å². The minimum Gasteiger partial charge on any atom is -0.397 e. The van der Waals surface area contributed by atoms with E-state index in [9.17, 15) is 0 Å². The summed E-state index contributed by atoms with van der Waals surface area (Å²) in [5.74, 6) is 0.454. The zero-order chi connectivity index (χ0) is 8.43. The molecule has 0 aliphatic heterocycles. The highest BCUT2D eigenvalue weighted by molar-refractivity contribution is 5.56. The highest BCUT2D eigenvalue weighted by atomic mass is 15.1. The van der Waals surface area contributed by atoms with Crippen molar-refractivity contribution >= 4 is 5.70 Å². The van der Waals surface area contributed by atoms with E-state index in [0.29, 0.717) is 11.6 Å². The summed E-state index contributed by atoms with van der Waals surface area (Å²) in [5.41, 5.74) is 7.79. The van der Waals surface area contributed by atoms with Gasteiger partial charge in [0.25, 0.3) is 0 Å². The molecule has 0 saturated carbocycles. The van der Waals surface area contributed by atoms with E-state index < -0.39 is 0 Å². The zero-order valence-electron chi connectivity index (χ0n) is 6.89. The van der Waals surface area contributed by atoms with Gasteiger partial charge in [-0.3, -0.25) is 5.10 Å². The average Bonchev–Trinajstić information content (AvgIpc) is 2.33. The number of aromatic amines is 1. The van der Waals surface area contributed by atoms with Gasteiger partial charge in [-0.2, -0.15) is 5.10 Å². The molecule has 3 heteroatoms. The predicted molar refractivity (Wildman–Crippen MR) is 45.9 cm³/mol. The third-order valence-corrected chi connectivity index (χ3v) is 1.55. The minimum absolute atomic E-state index is 0.454. The third kappa shape index (κ3) is 1.61. The van der Waals surface area contributed by atoms with Crippen LogP contribution < -0.4 is 5.73 Å². The van der Waals surface area contributed by atoms with E-state index in [1.807, 2.05) is 6.07 Å². The number of nitrogens with one attached hydrogen (secondary N) is 1. The molecule has 1 aromatic rings. The molecule has 11 heavy (non-hydrogen) atoms. The van der Waals surface area contributed by atoms with Crippen LogP contribution in [0.15, 0.2) is 12.6 Å². The van der Waals surface area contributed by atoms with Gasteiger partial charge in [-0.25, -0.2) is 0 Å². The topological polar surface area (TPSA) is 54.7 Å².